The summed E-state index contributed by atoms with van der Waals surface area (Å²) >= 11 is 0.990. The van der Waals surface area contributed by atoms with Gasteiger partial charge in [-0.25, -0.2) is 0 Å². The number of halogens is 6. The third-order valence-electron chi connectivity index (χ3n) is 4.90. The van der Waals surface area contributed by atoms with E-state index >= 15 is 0 Å². The lowest BCUT2D eigenvalue weighted by molar-refractivity contribution is -0.143. The van der Waals surface area contributed by atoms with Gasteiger partial charge in [-0.15, -0.1) is 10.2 Å². The monoisotopic (exact) mass is 512 g/mol. The van der Waals surface area contributed by atoms with Crippen molar-refractivity contribution in [3.63, 3.8) is 0 Å². The molecule has 1 N–H and O–H groups in total. The Morgan fingerprint density at radius 3 is 2.49 bits per heavy atom. The third kappa shape index (κ3) is 5.31. The Hall–Kier alpha value is -3.81. The van der Waals surface area contributed by atoms with Crippen molar-refractivity contribution in [3.8, 4) is 10.7 Å². The fourth-order valence-corrected chi connectivity index (χ4v) is 3.91. The summed E-state index contributed by atoms with van der Waals surface area (Å²) in [7, 11) is 0. The number of hydrogen-bond acceptors (Lipinski definition) is 6. The highest BCUT2D eigenvalue weighted by Crippen LogP contribution is 2.39. The zero-order valence-corrected chi connectivity index (χ0v) is 18.4. The van der Waals surface area contributed by atoms with Crippen molar-refractivity contribution in [3.05, 3.63) is 76.7 Å². The minimum absolute atomic E-state index is 0.0218. The van der Waals surface area contributed by atoms with Crippen molar-refractivity contribution in [2.24, 2.45) is 0 Å². The molecule has 35 heavy (non-hydrogen) atoms. The number of aromatic nitrogens is 5. The quantitative estimate of drug-likeness (QED) is 0.347. The maximum atomic E-state index is 13.5. The molecule has 0 saturated carbocycles. The Bertz CT molecular complexity index is 1350. The molecule has 1 atom stereocenters. The lowest BCUT2D eigenvalue weighted by atomic mass is 9.98. The number of pyridine rings is 1. The molecular weight excluding hydrogens is 498 g/mol. The van der Waals surface area contributed by atoms with Crippen molar-refractivity contribution < 1.29 is 31.1 Å². The first-order valence-electron chi connectivity index (χ1n) is 9.82. The smallest absolute Gasteiger partial charge is 0.317 e. The molecule has 4 rings (SSSR count). The molecule has 0 fully saturated rings. The largest absolute Gasteiger partial charge is 0.416 e. The normalized spacial score (nSPS) is 13.0. The molecule has 0 aliphatic heterocycles. The van der Waals surface area contributed by atoms with Crippen LogP contribution in [-0.4, -0.2) is 30.9 Å². The number of alkyl halides is 6. The van der Waals surface area contributed by atoms with Crippen LogP contribution in [0.5, 0.6) is 0 Å². The van der Waals surface area contributed by atoms with E-state index in [1.54, 1.807) is 24.4 Å². The lowest BCUT2D eigenvalue weighted by Crippen LogP contribution is -2.17. The van der Waals surface area contributed by atoms with Gasteiger partial charge in [0.1, 0.15) is 5.69 Å². The number of anilines is 1. The molecular formula is C21H14F6N6OS. The van der Waals surface area contributed by atoms with E-state index in [9.17, 15) is 31.1 Å². The second kappa shape index (κ2) is 9.09. The molecule has 0 spiro atoms. The topological polar surface area (TPSA) is 85.6 Å². The summed E-state index contributed by atoms with van der Waals surface area (Å²) in [5.41, 5.74) is -2.55. The molecule has 0 aliphatic carbocycles. The van der Waals surface area contributed by atoms with Gasteiger partial charge in [-0.05, 0) is 36.8 Å². The average Bonchev–Trinajstić information content (AvgIpc) is 3.48. The molecule has 0 bridgehead atoms. The van der Waals surface area contributed by atoms with E-state index in [1.807, 2.05) is 0 Å². The van der Waals surface area contributed by atoms with Crippen LogP contribution in [0.1, 0.15) is 39.5 Å². The first-order valence-corrected chi connectivity index (χ1v) is 10.6. The Balaban J connectivity index is 1.54. The highest BCUT2D eigenvalue weighted by atomic mass is 32.1. The van der Waals surface area contributed by atoms with E-state index < -0.39 is 41.0 Å². The van der Waals surface area contributed by atoms with Gasteiger partial charge in [0, 0.05) is 12.4 Å². The van der Waals surface area contributed by atoms with Gasteiger partial charge < -0.3 is 5.32 Å². The average molecular weight is 512 g/mol. The molecule has 182 valence electrons. The van der Waals surface area contributed by atoms with Crippen molar-refractivity contribution in [2.75, 3.05) is 5.32 Å². The number of benzene rings is 1. The first-order chi connectivity index (χ1) is 16.4. The van der Waals surface area contributed by atoms with E-state index in [0.717, 1.165) is 22.1 Å². The molecule has 1 aromatic carbocycles. The van der Waals surface area contributed by atoms with Gasteiger partial charge in [-0.3, -0.25) is 14.5 Å². The van der Waals surface area contributed by atoms with E-state index in [-0.39, 0.29) is 16.8 Å². The summed E-state index contributed by atoms with van der Waals surface area (Å²) in [6.45, 7) is 1.35. The van der Waals surface area contributed by atoms with Crippen molar-refractivity contribution in [2.45, 2.75) is 25.3 Å². The Morgan fingerprint density at radius 2 is 1.83 bits per heavy atom. The lowest BCUT2D eigenvalue weighted by Gasteiger charge is -2.20. The van der Waals surface area contributed by atoms with Gasteiger partial charge in [0.15, 0.2) is 5.01 Å². The van der Waals surface area contributed by atoms with Crippen LogP contribution >= 0.6 is 11.3 Å². The van der Waals surface area contributed by atoms with Crippen LogP contribution in [0.15, 0.2) is 55.0 Å². The second-order valence-corrected chi connectivity index (χ2v) is 8.24. The number of amides is 1. The van der Waals surface area contributed by atoms with Crippen LogP contribution in [-0.2, 0) is 12.4 Å². The minimum atomic E-state index is -5.02. The molecule has 7 nitrogen and oxygen atoms in total. The number of hydrogen-bond donors (Lipinski definition) is 1. The van der Waals surface area contributed by atoms with Crippen molar-refractivity contribution in [1.82, 2.24) is 25.0 Å². The molecule has 3 aromatic heterocycles. The van der Waals surface area contributed by atoms with Crippen molar-refractivity contribution in [1.29, 1.82) is 0 Å². The van der Waals surface area contributed by atoms with Crippen molar-refractivity contribution >= 4 is 22.9 Å². The molecule has 0 saturated heterocycles. The van der Waals surface area contributed by atoms with Crippen LogP contribution in [0.25, 0.3) is 10.7 Å². The summed E-state index contributed by atoms with van der Waals surface area (Å²) in [4.78, 5) is 16.6. The van der Waals surface area contributed by atoms with Gasteiger partial charge >= 0.3 is 12.4 Å². The molecule has 1 amide bonds. The van der Waals surface area contributed by atoms with Crippen LogP contribution in [0.3, 0.4) is 0 Å². The maximum absolute atomic E-state index is 13.5. The molecule has 3 heterocycles. The SMILES string of the molecule is C[C@@H](c1ccc(C(F)(F)F)cc1C(F)(F)F)n1cc(NC(=O)c2nnc(-c3ccccn3)s2)cn1. The van der Waals surface area contributed by atoms with E-state index in [1.165, 1.54) is 19.3 Å². The van der Waals surface area contributed by atoms with Crippen LogP contribution in [0.4, 0.5) is 32.0 Å². The maximum Gasteiger partial charge on any atom is 0.416 e. The van der Waals surface area contributed by atoms with Gasteiger partial charge in [-0.1, -0.05) is 23.5 Å². The van der Waals surface area contributed by atoms with Gasteiger partial charge in [0.05, 0.1) is 29.1 Å². The molecule has 0 radical (unpaired) electrons. The number of nitrogens with one attached hydrogen (secondary N) is 1. The van der Waals surface area contributed by atoms with E-state index in [4.69, 9.17) is 0 Å². The van der Waals surface area contributed by atoms with E-state index in [2.05, 4.69) is 25.6 Å². The van der Waals surface area contributed by atoms with Crippen LogP contribution < -0.4 is 5.32 Å². The highest BCUT2D eigenvalue weighted by Gasteiger charge is 2.39. The predicted molar refractivity (Wildman–Crippen MR) is 114 cm³/mol. The minimum Gasteiger partial charge on any atom is -0.317 e. The number of nitrogens with zero attached hydrogens (tertiary/aromatic N) is 5. The third-order valence-corrected chi connectivity index (χ3v) is 5.84. The number of carbonyl (C=O) groups excluding carboxylic acids is 1. The van der Waals surface area contributed by atoms with Crippen LogP contribution in [0, 0.1) is 0 Å². The van der Waals surface area contributed by atoms with Gasteiger partial charge in [-0.2, -0.15) is 31.4 Å². The van der Waals surface area contributed by atoms with Gasteiger partial charge in [0.2, 0.25) is 5.01 Å². The van der Waals surface area contributed by atoms with E-state index in [0.29, 0.717) is 16.8 Å². The standard InChI is InChI=1S/C21H14F6N6OS/c1-11(14-6-5-12(20(22,23)24)8-15(14)21(25,26)27)33-10-13(9-29-33)30-17(34)19-32-31-18(35-19)16-4-2-3-7-28-16/h2-11H,1H3,(H,30,34)/t11-/m0/s1. The Kier molecular flexibility index (Phi) is 6.32. The number of rotatable bonds is 5. The second-order valence-electron chi connectivity index (χ2n) is 7.26. The Labute approximate surface area is 197 Å². The summed E-state index contributed by atoms with van der Waals surface area (Å²) in [6, 6.07) is 5.52. The number of carbonyl (C=O) groups is 1. The fraction of sp³-hybridized carbons (Fsp3) is 0.190. The summed E-state index contributed by atoms with van der Waals surface area (Å²) in [5.74, 6) is -0.623. The summed E-state index contributed by atoms with van der Waals surface area (Å²) in [5, 5.41) is 14.6. The van der Waals surface area contributed by atoms with Crippen LogP contribution in [0.2, 0.25) is 0 Å². The highest BCUT2D eigenvalue weighted by molar-refractivity contribution is 7.16. The zero-order valence-electron chi connectivity index (χ0n) is 17.6. The summed E-state index contributed by atoms with van der Waals surface area (Å²) in [6.07, 6.45) is -5.91. The molecule has 0 unspecified atom stereocenters. The fourth-order valence-electron chi connectivity index (χ4n) is 3.19. The zero-order chi connectivity index (χ0) is 25.4. The first kappa shape index (κ1) is 24.3. The molecule has 0 aliphatic rings. The van der Waals surface area contributed by atoms with Gasteiger partial charge in [0.25, 0.3) is 5.91 Å². The summed E-state index contributed by atoms with van der Waals surface area (Å²) < 4.78 is 80.5. The molecule has 4 aromatic rings. The predicted octanol–water partition coefficient (Wildman–Crippen LogP) is 5.70. The Morgan fingerprint density at radius 1 is 1.06 bits per heavy atom. The molecule has 14 heteroatoms.